The van der Waals surface area contributed by atoms with Crippen LogP contribution in [0.1, 0.15) is 5.56 Å². The Bertz CT molecular complexity index is 680. The molecular weight excluding hydrogens is 286 g/mol. The fraction of sp³-hybridized carbons (Fsp3) is 0.0667. The van der Waals surface area contributed by atoms with Crippen LogP contribution in [0.5, 0.6) is 0 Å². The molecule has 0 aliphatic heterocycles. The summed E-state index contributed by atoms with van der Waals surface area (Å²) in [5.74, 6) is -0.286. The minimum absolute atomic E-state index is 0.0887. The van der Waals surface area contributed by atoms with Gasteiger partial charge in [0.1, 0.15) is 0 Å². The Balaban J connectivity index is 2.18. The fourth-order valence-corrected chi connectivity index (χ4v) is 2.78. The number of amides is 1. The van der Waals surface area contributed by atoms with Crippen molar-refractivity contribution in [2.75, 3.05) is 11.9 Å². The molecule has 0 radical (unpaired) electrons. The van der Waals surface area contributed by atoms with Crippen molar-refractivity contribution >= 4 is 22.8 Å². The van der Waals surface area contributed by atoms with Gasteiger partial charge in [0, 0.05) is 22.9 Å². The zero-order valence-electron chi connectivity index (χ0n) is 11.1. The molecule has 6 heteroatoms. The summed E-state index contributed by atoms with van der Waals surface area (Å²) in [5, 5.41) is 11.5. The molecule has 0 aliphatic carbocycles. The van der Waals surface area contributed by atoms with Gasteiger partial charge >= 0.3 is 0 Å². The highest BCUT2D eigenvalue weighted by molar-refractivity contribution is 7.91. The monoisotopic (exact) mass is 299 g/mol. The number of nitrogens with two attached hydrogens (primary N) is 1. The molecule has 2 aromatic rings. The Labute approximate surface area is 125 Å². The maximum atomic E-state index is 12.4. The van der Waals surface area contributed by atoms with Gasteiger partial charge in [-0.3, -0.25) is 4.79 Å². The first-order valence-corrected chi connectivity index (χ1v) is 7.31. The third kappa shape index (κ3) is 3.83. The molecule has 2 rings (SSSR count). The largest absolute Gasteiger partial charge is 0.606 e. The second-order valence-electron chi connectivity index (χ2n) is 4.19. The molecule has 1 atom stereocenters. The second-order valence-corrected chi connectivity index (χ2v) is 5.67. The first kappa shape index (κ1) is 15.1. The van der Waals surface area contributed by atoms with Gasteiger partial charge in [0.2, 0.25) is 5.91 Å². The molecule has 0 spiro atoms. The van der Waals surface area contributed by atoms with Crippen molar-refractivity contribution in [1.29, 1.82) is 5.26 Å². The topological polar surface area (TPSA) is 102 Å². The lowest BCUT2D eigenvalue weighted by Crippen LogP contribution is -2.21. The van der Waals surface area contributed by atoms with E-state index in [1.165, 1.54) is 0 Å². The molecule has 1 amide bonds. The van der Waals surface area contributed by atoms with Crippen molar-refractivity contribution in [2.24, 2.45) is 5.73 Å². The van der Waals surface area contributed by atoms with E-state index in [0.717, 1.165) is 0 Å². The maximum absolute atomic E-state index is 12.4. The summed E-state index contributed by atoms with van der Waals surface area (Å²) >= 11 is -1.37. The molecular formula is C15H13N3O2S. The summed E-state index contributed by atoms with van der Waals surface area (Å²) in [4.78, 5) is 12.3. The number of hydrogen-bond donors (Lipinski definition) is 2. The van der Waals surface area contributed by atoms with Crippen molar-refractivity contribution in [2.45, 2.75) is 9.79 Å². The van der Waals surface area contributed by atoms with Crippen molar-refractivity contribution in [3.63, 3.8) is 0 Å². The van der Waals surface area contributed by atoms with E-state index in [1.807, 2.05) is 6.07 Å². The fourth-order valence-electron chi connectivity index (χ4n) is 1.69. The summed E-state index contributed by atoms with van der Waals surface area (Å²) in [6.45, 7) is -0.0887. The number of nitrogens with one attached hydrogen (secondary N) is 1. The van der Waals surface area contributed by atoms with Crippen LogP contribution in [-0.2, 0) is 16.0 Å². The lowest BCUT2D eigenvalue weighted by molar-refractivity contribution is -0.114. The molecule has 0 heterocycles. The molecule has 21 heavy (non-hydrogen) atoms. The Morgan fingerprint density at radius 3 is 2.57 bits per heavy atom. The van der Waals surface area contributed by atoms with Crippen LogP contribution in [0.3, 0.4) is 0 Å². The average molecular weight is 299 g/mol. The molecule has 106 valence electrons. The van der Waals surface area contributed by atoms with E-state index < -0.39 is 11.2 Å². The van der Waals surface area contributed by atoms with Crippen LogP contribution >= 0.6 is 0 Å². The number of carbonyl (C=O) groups excluding carboxylic acids is 1. The Morgan fingerprint density at radius 1 is 1.24 bits per heavy atom. The van der Waals surface area contributed by atoms with E-state index in [2.05, 4.69) is 5.32 Å². The van der Waals surface area contributed by atoms with E-state index >= 15 is 0 Å². The van der Waals surface area contributed by atoms with E-state index in [0.29, 0.717) is 21.0 Å². The van der Waals surface area contributed by atoms with Crippen LogP contribution in [0, 0.1) is 11.3 Å². The molecule has 0 saturated heterocycles. The maximum Gasteiger partial charge on any atom is 0.238 e. The van der Waals surface area contributed by atoms with Gasteiger partial charge in [0.25, 0.3) is 0 Å². The van der Waals surface area contributed by atoms with Crippen LogP contribution in [0.25, 0.3) is 0 Å². The van der Waals surface area contributed by atoms with E-state index in [1.54, 1.807) is 48.5 Å². The molecule has 5 nitrogen and oxygen atoms in total. The Kier molecular flexibility index (Phi) is 4.95. The summed E-state index contributed by atoms with van der Waals surface area (Å²) in [5.41, 5.74) is 6.27. The molecule has 0 bridgehead atoms. The first-order chi connectivity index (χ1) is 10.1. The summed E-state index contributed by atoms with van der Waals surface area (Å²) in [6, 6.07) is 15.3. The van der Waals surface area contributed by atoms with Crippen molar-refractivity contribution < 1.29 is 9.35 Å². The minimum atomic E-state index is -1.37. The molecule has 1 unspecified atom stereocenters. The van der Waals surface area contributed by atoms with Gasteiger partial charge in [-0.25, -0.2) is 0 Å². The smallest absolute Gasteiger partial charge is 0.238 e. The lowest BCUT2D eigenvalue weighted by atomic mass is 10.2. The third-order valence-corrected chi connectivity index (χ3v) is 4.10. The minimum Gasteiger partial charge on any atom is -0.606 e. The number of hydrogen-bond acceptors (Lipinski definition) is 4. The van der Waals surface area contributed by atoms with E-state index in [9.17, 15) is 9.35 Å². The quantitative estimate of drug-likeness (QED) is 0.837. The highest BCUT2D eigenvalue weighted by Gasteiger charge is 2.15. The summed E-state index contributed by atoms with van der Waals surface area (Å²) in [6.07, 6.45) is 0. The molecule has 3 N–H and O–H groups in total. The van der Waals surface area contributed by atoms with Gasteiger partial charge < -0.3 is 15.6 Å². The van der Waals surface area contributed by atoms with Crippen LogP contribution in [0.15, 0.2) is 58.3 Å². The number of rotatable bonds is 4. The lowest BCUT2D eigenvalue weighted by Gasteiger charge is -2.10. The van der Waals surface area contributed by atoms with Gasteiger partial charge in [0.15, 0.2) is 9.79 Å². The average Bonchev–Trinajstić information content (AvgIpc) is 2.54. The second kappa shape index (κ2) is 6.90. The normalized spacial score (nSPS) is 11.5. The molecule has 2 aromatic carbocycles. The van der Waals surface area contributed by atoms with Gasteiger partial charge in [-0.2, -0.15) is 5.26 Å². The number of carbonyl (C=O) groups is 1. The molecule has 0 aliphatic rings. The van der Waals surface area contributed by atoms with E-state index in [4.69, 9.17) is 11.0 Å². The van der Waals surface area contributed by atoms with Crippen molar-refractivity contribution in [1.82, 2.24) is 0 Å². The third-order valence-electron chi connectivity index (χ3n) is 2.71. The number of nitrogens with zero attached hydrogens (tertiary/aromatic N) is 1. The Hall–Kier alpha value is -2.33. The summed E-state index contributed by atoms with van der Waals surface area (Å²) < 4.78 is 12.4. The van der Waals surface area contributed by atoms with Gasteiger partial charge in [0.05, 0.1) is 18.2 Å². The van der Waals surface area contributed by atoms with Gasteiger partial charge in [-0.15, -0.1) is 0 Å². The molecule has 0 fully saturated rings. The van der Waals surface area contributed by atoms with Gasteiger partial charge in [-0.05, 0) is 36.4 Å². The zero-order chi connectivity index (χ0) is 15.2. The highest BCUT2D eigenvalue weighted by atomic mass is 32.2. The molecule has 0 saturated carbocycles. The standard InChI is InChI=1S/C15H13N3O2S/c16-9-11-2-1-3-14(8-11)21(20)13-6-4-12(5-7-13)18-15(19)10-17/h1-8H,10,17H2,(H,18,19). The highest BCUT2D eigenvalue weighted by Crippen LogP contribution is 2.22. The van der Waals surface area contributed by atoms with Crippen LogP contribution < -0.4 is 11.1 Å². The van der Waals surface area contributed by atoms with E-state index in [-0.39, 0.29) is 12.5 Å². The summed E-state index contributed by atoms with van der Waals surface area (Å²) in [7, 11) is 0. The number of nitriles is 1. The first-order valence-electron chi connectivity index (χ1n) is 6.16. The van der Waals surface area contributed by atoms with Crippen LogP contribution in [0.4, 0.5) is 5.69 Å². The van der Waals surface area contributed by atoms with Crippen molar-refractivity contribution in [3.8, 4) is 6.07 Å². The van der Waals surface area contributed by atoms with Crippen LogP contribution in [-0.4, -0.2) is 17.0 Å². The zero-order valence-corrected chi connectivity index (χ0v) is 11.9. The number of anilines is 1. The molecule has 0 aromatic heterocycles. The van der Waals surface area contributed by atoms with Gasteiger partial charge in [-0.1, -0.05) is 6.07 Å². The SMILES string of the molecule is N#Cc1cccc([S+]([O-])c2ccc(NC(=O)CN)cc2)c1. The predicted molar refractivity (Wildman–Crippen MR) is 80.0 cm³/mol. The predicted octanol–water partition coefficient (Wildman–Crippen LogP) is 1.62. The number of benzene rings is 2. The Morgan fingerprint density at radius 2 is 1.95 bits per heavy atom. The van der Waals surface area contributed by atoms with Crippen molar-refractivity contribution in [3.05, 3.63) is 54.1 Å². The van der Waals surface area contributed by atoms with Crippen LogP contribution in [0.2, 0.25) is 0 Å².